The number of aryl methyl sites for hydroxylation is 1. The van der Waals surface area contributed by atoms with E-state index in [1.54, 1.807) is 32.0 Å². The van der Waals surface area contributed by atoms with Crippen LogP contribution in [0.3, 0.4) is 0 Å². The standard InChI is InChI=1S/C14H21NO3/c1-4-7-14(3,18)9-15-11-5-6-12(13(16)17)10(2)8-11/h5-6,8,15,18H,4,7,9H2,1-3H3,(H,16,17). The number of carbonyl (C=O) groups is 1. The van der Waals surface area contributed by atoms with Crippen LogP contribution in [0, 0.1) is 6.92 Å². The molecular formula is C14H21NO3. The fourth-order valence-electron chi connectivity index (χ4n) is 1.93. The van der Waals surface area contributed by atoms with Gasteiger partial charge in [-0.15, -0.1) is 0 Å². The zero-order chi connectivity index (χ0) is 13.8. The summed E-state index contributed by atoms with van der Waals surface area (Å²) in [5.41, 5.74) is 1.10. The molecule has 3 N–H and O–H groups in total. The van der Waals surface area contributed by atoms with Gasteiger partial charge in [0.2, 0.25) is 0 Å². The van der Waals surface area contributed by atoms with Gasteiger partial charge in [-0.3, -0.25) is 0 Å². The summed E-state index contributed by atoms with van der Waals surface area (Å²) >= 11 is 0. The number of carboxylic acid groups (broad SMARTS) is 1. The van der Waals surface area contributed by atoms with Gasteiger partial charge in [0.05, 0.1) is 11.2 Å². The molecule has 0 fully saturated rings. The van der Waals surface area contributed by atoms with Crippen LogP contribution in [0.1, 0.15) is 42.6 Å². The van der Waals surface area contributed by atoms with Crippen LogP contribution < -0.4 is 5.32 Å². The topological polar surface area (TPSA) is 69.6 Å². The van der Waals surface area contributed by atoms with Gasteiger partial charge in [0, 0.05) is 12.2 Å². The largest absolute Gasteiger partial charge is 0.478 e. The minimum absolute atomic E-state index is 0.306. The number of benzene rings is 1. The maximum absolute atomic E-state index is 10.9. The van der Waals surface area contributed by atoms with Crippen molar-refractivity contribution in [2.24, 2.45) is 0 Å². The van der Waals surface area contributed by atoms with E-state index in [4.69, 9.17) is 5.11 Å². The molecule has 0 aliphatic carbocycles. The Kier molecular flexibility index (Phi) is 4.73. The Labute approximate surface area is 108 Å². The Bertz CT molecular complexity index is 427. The molecule has 1 aromatic carbocycles. The smallest absolute Gasteiger partial charge is 0.335 e. The van der Waals surface area contributed by atoms with E-state index in [0.29, 0.717) is 17.7 Å². The third kappa shape index (κ3) is 4.04. The van der Waals surface area contributed by atoms with Gasteiger partial charge in [0.25, 0.3) is 0 Å². The molecule has 0 radical (unpaired) electrons. The summed E-state index contributed by atoms with van der Waals surface area (Å²) in [6, 6.07) is 5.08. The molecule has 1 atom stereocenters. The fraction of sp³-hybridized carbons (Fsp3) is 0.500. The van der Waals surface area contributed by atoms with E-state index < -0.39 is 11.6 Å². The van der Waals surface area contributed by atoms with Crippen LogP contribution in [-0.2, 0) is 0 Å². The van der Waals surface area contributed by atoms with Gasteiger partial charge >= 0.3 is 5.97 Å². The molecule has 1 unspecified atom stereocenters. The molecule has 0 spiro atoms. The van der Waals surface area contributed by atoms with Gasteiger partial charge in [-0.05, 0) is 44.0 Å². The second-order valence-corrected chi connectivity index (χ2v) is 4.94. The highest BCUT2D eigenvalue weighted by molar-refractivity contribution is 5.89. The normalized spacial score (nSPS) is 14.0. The molecule has 100 valence electrons. The molecular weight excluding hydrogens is 230 g/mol. The second kappa shape index (κ2) is 5.87. The van der Waals surface area contributed by atoms with Crippen LogP contribution in [-0.4, -0.2) is 28.3 Å². The number of aromatic carboxylic acids is 1. The Hall–Kier alpha value is -1.55. The number of hydrogen-bond acceptors (Lipinski definition) is 3. The third-order valence-electron chi connectivity index (χ3n) is 2.92. The minimum atomic E-state index is -0.919. The first-order chi connectivity index (χ1) is 8.35. The van der Waals surface area contributed by atoms with Crippen LogP contribution in [0.4, 0.5) is 5.69 Å². The molecule has 4 heteroatoms. The Morgan fingerprint density at radius 1 is 1.44 bits per heavy atom. The zero-order valence-electron chi connectivity index (χ0n) is 11.2. The Morgan fingerprint density at radius 2 is 2.11 bits per heavy atom. The lowest BCUT2D eigenvalue weighted by molar-refractivity contribution is 0.0635. The van der Waals surface area contributed by atoms with Crippen LogP contribution >= 0.6 is 0 Å². The number of anilines is 1. The molecule has 0 saturated carbocycles. The first-order valence-electron chi connectivity index (χ1n) is 6.16. The summed E-state index contributed by atoms with van der Waals surface area (Å²) in [7, 11) is 0. The highest BCUT2D eigenvalue weighted by Crippen LogP contribution is 2.18. The quantitative estimate of drug-likeness (QED) is 0.727. The van der Waals surface area contributed by atoms with Crippen LogP contribution in [0.2, 0.25) is 0 Å². The summed E-state index contributed by atoms with van der Waals surface area (Å²) < 4.78 is 0. The van der Waals surface area contributed by atoms with Crippen molar-refractivity contribution >= 4 is 11.7 Å². The van der Waals surface area contributed by atoms with Crippen molar-refractivity contribution in [2.45, 2.75) is 39.2 Å². The van der Waals surface area contributed by atoms with Crippen LogP contribution in [0.25, 0.3) is 0 Å². The van der Waals surface area contributed by atoms with E-state index in [0.717, 1.165) is 18.5 Å². The molecule has 0 saturated heterocycles. The van der Waals surface area contributed by atoms with Crippen molar-refractivity contribution in [2.75, 3.05) is 11.9 Å². The average molecular weight is 251 g/mol. The monoisotopic (exact) mass is 251 g/mol. The van der Waals surface area contributed by atoms with Crippen molar-refractivity contribution in [3.8, 4) is 0 Å². The highest BCUT2D eigenvalue weighted by Gasteiger charge is 2.18. The second-order valence-electron chi connectivity index (χ2n) is 4.94. The van der Waals surface area contributed by atoms with E-state index in [2.05, 4.69) is 5.32 Å². The van der Waals surface area contributed by atoms with E-state index in [9.17, 15) is 9.90 Å². The van der Waals surface area contributed by atoms with E-state index in [-0.39, 0.29) is 0 Å². The molecule has 0 aromatic heterocycles. The first kappa shape index (κ1) is 14.5. The lowest BCUT2D eigenvalue weighted by Gasteiger charge is -2.23. The Balaban J connectivity index is 2.70. The number of hydrogen-bond donors (Lipinski definition) is 3. The van der Waals surface area contributed by atoms with Gasteiger partial charge in [-0.2, -0.15) is 0 Å². The lowest BCUT2D eigenvalue weighted by atomic mass is 10.0. The first-order valence-corrected chi connectivity index (χ1v) is 6.16. The van der Waals surface area contributed by atoms with Crippen LogP contribution in [0.15, 0.2) is 18.2 Å². The van der Waals surface area contributed by atoms with Crippen molar-refractivity contribution in [3.63, 3.8) is 0 Å². The predicted molar refractivity (Wildman–Crippen MR) is 72.2 cm³/mol. The summed E-state index contributed by atoms with van der Waals surface area (Å²) in [6.45, 7) is 6.04. The van der Waals surface area contributed by atoms with Crippen molar-refractivity contribution < 1.29 is 15.0 Å². The maximum Gasteiger partial charge on any atom is 0.335 e. The Morgan fingerprint density at radius 3 is 2.61 bits per heavy atom. The van der Waals surface area contributed by atoms with Crippen molar-refractivity contribution in [1.29, 1.82) is 0 Å². The number of aliphatic hydroxyl groups is 1. The van der Waals surface area contributed by atoms with Crippen molar-refractivity contribution in [1.82, 2.24) is 0 Å². The third-order valence-corrected chi connectivity index (χ3v) is 2.92. The van der Waals surface area contributed by atoms with Gasteiger partial charge < -0.3 is 15.5 Å². The van der Waals surface area contributed by atoms with Gasteiger partial charge in [0.1, 0.15) is 0 Å². The summed E-state index contributed by atoms with van der Waals surface area (Å²) in [5.74, 6) is -0.919. The SMILES string of the molecule is CCCC(C)(O)CNc1ccc(C(=O)O)c(C)c1. The van der Waals surface area contributed by atoms with Crippen molar-refractivity contribution in [3.05, 3.63) is 29.3 Å². The molecule has 4 nitrogen and oxygen atoms in total. The van der Waals surface area contributed by atoms with Gasteiger partial charge in [-0.1, -0.05) is 13.3 Å². The molecule has 0 heterocycles. The zero-order valence-corrected chi connectivity index (χ0v) is 11.2. The molecule has 0 bridgehead atoms. The van der Waals surface area contributed by atoms with Gasteiger partial charge in [0.15, 0.2) is 0 Å². The maximum atomic E-state index is 10.9. The lowest BCUT2D eigenvalue weighted by Crippen LogP contribution is -2.33. The van der Waals surface area contributed by atoms with Crippen LogP contribution in [0.5, 0.6) is 0 Å². The summed E-state index contributed by atoms with van der Waals surface area (Å²) in [4.78, 5) is 10.9. The summed E-state index contributed by atoms with van der Waals surface area (Å²) in [5, 5.41) is 22.1. The number of nitrogens with one attached hydrogen (secondary N) is 1. The molecule has 0 aliphatic rings. The molecule has 1 rings (SSSR count). The molecule has 18 heavy (non-hydrogen) atoms. The number of carboxylic acids is 1. The summed E-state index contributed by atoms with van der Waals surface area (Å²) in [6.07, 6.45) is 1.65. The molecule has 0 amide bonds. The minimum Gasteiger partial charge on any atom is -0.478 e. The number of rotatable bonds is 6. The van der Waals surface area contributed by atoms with E-state index in [1.165, 1.54) is 0 Å². The van der Waals surface area contributed by atoms with Gasteiger partial charge in [-0.25, -0.2) is 4.79 Å². The average Bonchev–Trinajstić information content (AvgIpc) is 2.26. The van der Waals surface area contributed by atoms with E-state index >= 15 is 0 Å². The highest BCUT2D eigenvalue weighted by atomic mass is 16.4. The molecule has 1 aromatic rings. The fourth-order valence-corrected chi connectivity index (χ4v) is 1.93. The molecule has 0 aliphatic heterocycles. The predicted octanol–water partition coefficient (Wildman–Crippen LogP) is 2.66. The van der Waals surface area contributed by atoms with E-state index in [1.807, 2.05) is 6.92 Å².